The Bertz CT molecular complexity index is 587. The summed E-state index contributed by atoms with van der Waals surface area (Å²) in [5, 5.41) is 8.80. The zero-order valence-electron chi connectivity index (χ0n) is 9.07. The summed E-state index contributed by atoms with van der Waals surface area (Å²) in [7, 11) is 0. The molecule has 7 heteroatoms. The van der Waals surface area contributed by atoms with Crippen molar-refractivity contribution in [1.82, 2.24) is 9.55 Å². The van der Waals surface area contributed by atoms with Crippen molar-refractivity contribution in [3.05, 3.63) is 44.2 Å². The van der Waals surface area contributed by atoms with Crippen LogP contribution in [0.4, 0.5) is 4.39 Å². The Labute approximate surface area is 95.0 Å². The summed E-state index contributed by atoms with van der Waals surface area (Å²) in [5.41, 5.74) is -0.830. The Kier molecular flexibility index (Phi) is 2.84. The summed E-state index contributed by atoms with van der Waals surface area (Å²) in [6, 6.07) is 0. The Morgan fingerprint density at radius 2 is 2.35 bits per heavy atom. The topological polar surface area (TPSA) is 84.3 Å². The molecule has 1 aliphatic rings. The van der Waals surface area contributed by atoms with Crippen LogP contribution in [0.25, 0.3) is 0 Å². The molecule has 92 valence electrons. The van der Waals surface area contributed by atoms with E-state index in [9.17, 15) is 14.0 Å². The molecule has 2 N–H and O–H groups in total. The monoisotopic (exact) mass is 242 g/mol. The van der Waals surface area contributed by atoms with Crippen LogP contribution >= 0.6 is 0 Å². The summed E-state index contributed by atoms with van der Waals surface area (Å²) in [6.07, 6.45) is 0.306. The molecule has 1 aliphatic heterocycles. The van der Waals surface area contributed by atoms with E-state index in [1.807, 2.05) is 0 Å². The van der Waals surface area contributed by atoms with Gasteiger partial charge in [-0.15, -0.1) is 0 Å². The van der Waals surface area contributed by atoms with Gasteiger partial charge in [-0.25, -0.2) is 9.18 Å². The standard InChI is InChI=1S/C10H11FN2O4/c1-5-3-13(10(16)12-9(5)15)8-2-6(11)7(4-14)17-8/h3,8,14H,2,4H2,1H3,(H,12,15,16)/t8-/m1/s1. The largest absolute Gasteiger partial charge is 0.469 e. The maximum absolute atomic E-state index is 13.2. The molecule has 0 radical (unpaired) electrons. The molecule has 0 aromatic carbocycles. The molecule has 0 spiro atoms. The fourth-order valence-corrected chi connectivity index (χ4v) is 1.62. The Hall–Kier alpha value is -1.89. The highest BCUT2D eigenvalue weighted by molar-refractivity contribution is 5.09. The van der Waals surface area contributed by atoms with Gasteiger partial charge in [-0.05, 0) is 6.92 Å². The molecule has 0 bridgehead atoms. The van der Waals surface area contributed by atoms with Gasteiger partial charge in [0.1, 0.15) is 12.4 Å². The molecule has 0 saturated heterocycles. The number of nitrogens with one attached hydrogen (secondary N) is 1. The fraction of sp³-hybridized carbons (Fsp3) is 0.400. The van der Waals surface area contributed by atoms with Crippen LogP contribution in [0.5, 0.6) is 0 Å². The van der Waals surface area contributed by atoms with Gasteiger partial charge in [0.05, 0.1) is 6.42 Å². The van der Waals surface area contributed by atoms with Crippen LogP contribution in [-0.4, -0.2) is 21.3 Å². The number of halogens is 1. The van der Waals surface area contributed by atoms with Crippen LogP contribution in [0.1, 0.15) is 18.2 Å². The minimum Gasteiger partial charge on any atom is -0.469 e. The van der Waals surface area contributed by atoms with Crippen LogP contribution in [0.2, 0.25) is 0 Å². The van der Waals surface area contributed by atoms with E-state index < -0.39 is 29.9 Å². The second-order valence-corrected chi connectivity index (χ2v) is 3.74. The number of aliphatic hydroxyl groups excluding tert-OH is 1. The first-order valence-electron chi connectivity index (χ1n) is 5.00. The van der Waals surface area contributed by atoms with Gasteiger partial charge in [-0.3, -0.25) is 14.3 Å². The van der Waals surface area contributed by atoms with Crippen molar-refractivity contribution in [2.45, 2.75) is 19.6 Å². The normalized spacial score (nSPS) is 19.6. The highest BCUT2D eigenvalue weighted by Crippen LogP contribution is 2.31. The molecule has 1 atom stereocenters. The molecule has 17 heavy (non-hydrogen) atoms. The van der Waals surface area contributed by atoms with Crippen LogP contribution in [0.3, 0.4) is 0 Å². The Balaban J connectivity index is 2.36. The Morgan fingerprint density at radius 1 is 1.65 bits per heavy atom. The third kappa shape index (κ3) is 2.01. The minimum absolute atomic E-state index is 0.138. The van der Waals surface area contributed by atoms with E-state index >= 15 is 0 Å². The average molecular weight is 242 g/mol. The van der Waals surface area contributed by atoms with Gasteiger partial charge in [-0.2, -0.15) is 0 Å². The zero-order valence-corrected chi connectivity index (χ0v) is 9.07. The van der Waals surface area contributed by atoms with Crippen LogP contribution in [0.15, 0.2) is 27.4 Å². The molecule has 0 fully saturated rings. The van der Waals surface area contributed by atoms with E-state index in [2.05, 4.69) is 4.98 Å². The zero-order chi connectivity index (χ0) is 12.6. The van der Waals surface area contributed by atoms with Crippen molar-refractivity contribution >= 4 is 0 Å². The Morgan fingerprint density at radius 3 is 2.94 bits per heavy atom. The fourth-order valence-electron chi connectivity index (χ4n) is 1.62. The van der Waals surface area contributed by atoms with Crippen molar-refractivity contribution in [3.8, 4) is 0 Å². The van der Waals surface area contributed by atoms with Crippen LogP contribution in [-0.2, 0) is 4.74 Å². The van der Waals surface area contributed by atoms with E-state index in [-0.39, 0.29) is 12.2 Å². The maximum atomic E-state index is 13.2. The average Bonchev–Trinajstić information content (AvgIpc) is 2.65. The molecule has 2 rings (SSSR count). The molecule has 1 aromatic rings. The van der Waals surface area contributed by atoms with Gasteiger partial charge in [0.25, 0.3) is 5.56 Å². The van der Waals surface area contributed by atoms with Gasteiger partial charge >= 0.3 is 5.69 Å². The molecule has 0 aliphatic carbocycles. The highest BCUT2D eigenvalue weighted by atomic mass is 19.1. The van der Waals surface area contributed by atoms with Crippen LogP contribution in [0, 0.1) is 6.92 Å². The van der Waals surface area contributed by atoms with Gasteiger partial charge in [0.15, 0.2) is 12.0 Å². The molecule has 0 unspecified atom stereocenters. The lowest BCUT2D eigenvalue weighted by Crippen LogP contribution is -2.33. The first kappa shape index (κ1) is 11.6. The van der Waals surface area contributed by atoms with E-state index in [4.69, 9.17) is 9.84 Å². The molecular formula is C10H11FN2O4. The van der Waals surface area contributed by atoms with Crippen molar-refractivity contribution in [2.24, 2.45) is 0 Å². The molecule has 1 aromatic heterocycles. The number of hydrogen-bond acceptors (Lipinski definition) is 4. The predicted molar refractivity (Wildman–Crippen MR) is 56.0 cm³/mol. The molecule has 0 saturated carbocycles. The number of aliphatic hydroxyl groups is 1. The maximum Gasteiger partial charge on any atom is 0.331 e. The second-order valence-electron chi connectivity index (χ2n) is 3.74. The molecular weight excluding hydrogens is 231 g/mol. The van der Waals surface area contributed by atoms with E-state index in [0.717, 1.165) is 4.57 Å². The first-order chi connectivity index (χ1) is 8.02. The lowest BCUT2D eigenvalue weighted by molar-refractivity contribution is 0.0590. The highest BCUT2D eigenvalue weighted by Gasteiger charge is 2.27. The number of nitrogens with zero attached hydrogens (tertiary/aromatic N) is 1. The van der Waals surface area contributed by atoms with Crippen molar-refractivity contribution < 1.29 is 14.2 Å². The number of aromatic amines is 1. The van der Waals surface area contributed by atoms with Gasteiger partial charge < -0.3 is 9.84 Å². The molecule has 6 nitrogen and oxygen atoms in total. The number of H-pyrrole nitrogens is 1. The van der Waals surface area contributed by atoms with Crippen molar-refractivity contribution in [1.29, 1.82) is 0 Å². The number of hydrogen-bond donors (Lipinski definition) is 2. The molecule has 0 amide bonds. The number of aromatic nitrogens is 2. The lowest BCUT2D eigenvalue weighted by Gasteiger charge is -2.14. The molecule has 2 heterocycles. The van der Waals surface area contributed by atoms with E-state index in [1.165, 1.54) is 13.1 Å². The van der Waals surface area contributed by atoms with E-state index in [0.29, 0.717) is 5.56 Å². The van der Waals surface area contributed by atoms with Crippen LogP contribution < -0.4 is 11.2 Å². The summed E-state index contributed by atoms with van der Waals surface area (Å²) in [4.78, 5) is 24.8. The second kappa shape index (κ2) is 4.17. The summed E-state index contributed by atoms with van der Waals surface area (Å²) in [6.45, 7) is 0.972. The van der Waals surface area contributed by atoms with Gasteiger partial charge in [0, 0.05) is 11.8 Å². The lowest BCUT2D eigenvalue weighted by atomic mass is 10.3. The van der Waals surface area contributed by atoms with E-state index in [1.54, 1.807) is 0 Å². The first-order valence-corrected chi connectivity index (χ1v) is 5.00. The smallest absolute Gasteiger partial charge is 0.331 e. The SMILES string of the molecule is Cc1cn([C@H]2CC(F)=C(CO)O2)c(=O)[nH]c1=O. The summed E-state index contributed by atoms with van der Waals surface area (Å²) < 4.78 is 19.4. The third-order valence-corrected chi connectivity index (χ3v) is 2.53. The van der Waals surface area contributed by atoms with Gasteiger partial charge in [-0.1, -0.05) is 0 Å². The number of aryl methyl sites for hydroxylation is 1. The van der Waals surface area contributed by atoms with Crippen molar-refractivity contribution in [2.75, 3.05) is 6.61 Å². The number of rotatable bonds is 2. The van der Waals surface area contributed by atoms with Crippen molar-refractivity contribution in [3.63, 3.8) is 0 Å². The summed E-state index contributed by atoms with van der Waals surface area (Å²) in [5.74, 6) is -0.765. The minimum atomic E-state index is -0.861. The third-order valence-electron chi connectivity index (χ3n) is 2.53. The summed E-state index contributed by atoms with van der Waals surface area (Å²) >= 11 is 0. The van der Waals surface area contributed by atoms with Gasteiger partial charge in [0.2, 0.25) is 0 Å². The predicted octanol–water partition coefficient (Wildman–Crippen LogP) is -0.0627. The quantitative estimate of drug-likeness (QED) is 0.760. The number of ether oxygens (including phenoxy) is 1.